The number of benzene rings is 2. The van der Waals surface area contributed by atoms with E-state index in [2.05, 4.69) is 9.88 Å². The molecule has 206 valence electrons. The SMILES string of the molecule is CN(C)[C@@H]1CCN(C(=O)c2cc3nccc(Oc4ccc(CC(=O)CC(=O)Cc5ccccc5)cc4F)c3s2)C1. The van der Waals surface area contributed by atoms with Crippen molar-refractivity contribution in [2.45, 2.75) is 31.7 Å². The molecule has 0 aliphatic carbocycles. The summed E-state index contributed by atoms with van der Waals surface area (Å²) >= 11 is 1.28. The Labute approximate surface area is 236 Å². The number of thiophene rings is 1. The normalized spacial score (nSPS) is 15.1. The van der Waals surface area contributed by atoms with E-state index >= 15 is 0 Å². The maximum absolute atomic E-state index is 15.0. The fourth-order valence-electron chi connectivity index (χ4n) is 4.86. The summed E-state index contributed by atoms with van der Waals surface area (Å²) in [5.74, 6) is -0.703. The number of carbonyl (C=O) groups is 3. The number of Topliss-reactive ketones (excluding diaryl/α,β-unsaturated/α-hetero) is 2. The molecule has 5 rings (SSSR count). The summed E-state index contributed by atoms with van der Waals surface area (Å²) in [7, 11) is 4.03. The average molecular weight is 560 g/mol. The zero-order chi connectivity index (χ0) is 28.2. The first kappa shape index (κ1) is 27.6. The predicted molar refractivity (Wildman–Crippen MR) is 153 cm³/mol. The molecule has 1 aliphatic heterocycles. The van der Waals surface area contributed by atoms with Gasteiger partial charge in [0, 0.05) is 44.2 Å². The number of carbonyl (C=O) groups excluding carboxylic acids is 3. The van der Waals surface area contributed by atoms with Gasteiger partial charge in [0.15, 0.2) is 11.6 Å². The van der Waals surface area contributed by atoms with E-state index in [1.54, 1.807) is 24.4 Å². The second kappa shape index (κ2) is 12.1. The summed E-state index contributed by atoms with van der Waals surface area (Å²) in [6, 6.07) is 17.3. The van der Waals surface area contributed by atoms with Gasteiger partial charge >= 0.3 is 0 Å². The summed E-state index contributed by atoms with van der Waals surface area (Å²) in [4.78, 5) is 46.7. The third kappa shape index (κ3) is 6.43. The Balaban J connectivity index is 1.24. The lowest BCUT2D eigenvalue weighted by molar-refractivity contribution is -0.126. The number of amides is 1. The third-order valence-electron chi connectivity index (χ3n) is 7.02. The second-order valence-corrected chi connectivity index (χ2v) is 11.3. The van der Waals surface area contributed by atoms with Crippen LogP contribution in [0, 0.1) is 5.82 Å². The van der Waals surface area contributed by atoms with E-state index in [9.17, 15) is 18.8 Å². The Hall–Kier alpha value is -3.95. The van der Waals surface area contributed by atoms with Gasteiger partial charge in [-0.05, 0) is 49.8 Å². The van der Waals surface area contributed by atoms with Crippen LogP contribution in [0.15, 0.2) is 66.9 Å². The monoisotopic (exact) mass is 559 g/mol. The molecular weight excluding hydrogens is 529 g/mol. The van der Waals surface area contributed by atoms with E-state index in [1.807, 2.05) is 49.3 Å². The number of ketones is 2. The number of pyridine rings is 1. The van der Waals surface area contributed by atoms with Crippen LogP contribution in [0.1, 0.15) is 33.6 Å². The van der Waals surface area contributed by atoms with Crippen LogP contribution in [-0.2, 0) is 22.4 Å². The minimum atomic E-state index is -0.620. The fraction of sp³-hybridized carbons (Fsp3) is 0.290. The predicted octanol–water partition coefficient (Wildman–Crippen LogP) is 5.32. The minimum Gasteiger partial charge on any atom is -0.453 e. The molecule has 1 amide bonds. The van der Waals surface area contributed by atoms with Gasteiger partial charge in [0.1, 0.15) is 17.3 Å². The number of nitrogens with zero attached hydrogens (tertiary/aromatic N) is 3. The molecule has 1 saturated heterocycles. The van der Waals surface area contributed by atoms with E-state index in [0.29, 0.717) is 45.5 Å². The van der Waals surface area contributed by atoms with Gasteiger partial charge in [0.2, 0.25) is 0 Å². The van der Waals surface area contributed by atoms with Crippen LogP contribution in [-0.4, -0.2) is 65.5 Å². The molecule has 3 heterocycles. The molecule has 40 heavy (non-hydrogen) atoms. The molecule has 1 aliphatic rings. The summed E-state index contributed by atoms with van der Waals surface area (Å²) in [5.41, 5.74) is 1.93. The number of halogens is 1. The highest BCUT2D eigenvalue weighted by Crippen LogP contribution is 2.36. The molecule has 0 bridgehead atoms. The van der Waals surface area contributed by atoms with E-state index in [-0.39, 0.29) is 42.5 Å². The fourth-order valence-corrected chi connectivity index (χ4v) is 5.89. The molecule has 2 aromatic heterocycles. The Kier molecular flexibility index (Phi) is 8.32. The van der Waals surface area contributed by atoms with Crippen LogP contribution in [0.3, 0.4) is 0 Å². The lowest BCUT2D eigenvalue weighted by Gasteiger charge is -2.19. The van der Waals surface area contributed by atoms with Crippen LogP contribution in [0.25, 0.3) is 10.2 Å². The molecule has 0 radical (unpaired) electrons. The third-order valence-corrected chi connectivity index (χ3v) is 8.15. The zero-order valence-electron chi connectivity index (χ0n) is 22.4. The molecule has 1 atom stereocenters. The molecule has 4 aromatic rings. The molecule has 9 heteroatoms. The molecule has 0 unspecified atom stereocenters. The number of ether oxygens (including phenoxy) is 1. The summed E-state index contributed by atoms with van der Waals surface area (Å²) in [6.07, 6.45) is 2.45. The van der Waals surface area contributed by atoms with Gasteiger partial charge < -0.3 is 14.5 Å². The Morgan fingerprint density at radius 2 is 1.75 bits per heavy atom. The van der Waals surface area contributed by atoms with E-state index in [1.165, 1.54) is 23.5 Å². The van der Waals surface area contributed by atoms with Gasteiger partial charge in [0.05, 0.1) is 21.5 Å². The van der Waals surface area contributed by atoms with Crippen molar-refractivity contribution in [2.24, 2.45) is 0 Å². The highest BCUT2D eigenvalue weighted by atomic mass is 32.1. The second-order valence-electron chi connectivity index (χ2n) is 10.3. The lowest BCUT2D eigenvalue weighted by atomic mass is 10.0. The van der Waals surface area contributed by atoms with Gasteiger partial charge in [0.25, 0.3) is 5.91 Å². The maximum atomic E-state index is 15.0. The first-order chi connectivity index (χ1) is 19.3. The molecule has 0 N–H and O–H groups in total. The van der Waals surface area contributed by atoms with Gasteiger partial charge in [-0.25, -0.2) is 4.39 Å². The minimum absolute atomic E-state index is 0.00139. The standard InChI is InChI=1S/C31H30FN3O4S/c1-34(2)22-11-13-35(19-22)31(38)29-18-26-30(40-29)28(10-12-33-26)39-27-9-8-21(16-25(27)32)15-24(37)17-23(36)14-20-6-4-3-5-7-20/h3-10,12,16,18,22H,11,13-15,17,19H2,1-2H3/t22-/m1/s1. The average Bonchev–Trinajstić information content (AvgIpc) is 3.59. The van der Waals surface area contributed by atoms with Crippen LogP contribution in [0.2, 0.25) is 0 Å². The van der Waals surface area contributed by atoms with Gasteiger partial charge in [-0.15, -0.1) is 11.3 Å². The lowest BCUT2D eigenvalue weighted by Crippen LogP contribution is -2.34. The van der Waals surface area contributed by atoms with Crippen molar-refractivity contribution >= 4 is 39.0 Å². The first-order valence-electron chi connectivity index (χ1n) is 13.1. The smallest absolute Gasteiger partial charge is 0.264 e. The van der Waals surface area contributed by atoms with E-state index < -0.39 is 5.82 Å². The summed E-state index contributed by atoms with van der Waals surface area (Å²) in [6.45, 7) is 1.38. The van der Waals surface area contributed by atoms with Crippen LogP contribution in [0.4, 0.5) is 4.39 Å². The number of aromatic nitrogens is 1. The number of rotatable bonds is 10. The molecule has 0 spiro atoms. The summed E-state index contributed by atoms with van der Waals surface area (Å²) in [5, 5.41) is 0. The van der Waals surface area contributed by atoms with Crippen LogP contribution >= 0.6 is 11.3 Å². The van der Waals surface area contributed by atoms with Crippen molar-refractivity contribution in [3.05, 3.63) is 88.7 Å². The largest absolute Gasteiger partial charge is 0.453 e. The Morgan fingerprint density at radius 1 is 1.00 bits per heavy atom. The highest BCUT2D eigenvalue weighted by Gasteiger charge is 2.29. The van der Waals surface area contributed by atoms with Crippen molar-refractivity contribution in [1.82, 2.24) is 14.8 Å². The van der Waals surface area contributed by atoms with Crippen molar-refractivity contribution in [1.29, 1.82) is 0 Å². The quantitative estimate of drug-likeness (QED) is 0.245. The van der Waals surface area contributed by atoms with Crippen molar-refractivity contribution in [3.8, 4) is 11.5 Å². The van der Waals surface area contributed by atoms with Gasteiger partial charge in [-0.1, -0.05) is 36.4 Å². The van der Waals surface area contributed by atoms with Crippen molar-refractivity contribution in [3.63, 3.8) is 0 Å². The Morgan fingerprint density at radius 3 is 2.45 bits per heavy atom. The van der Waals surface area contributed by atoms with E-state index in [4.69, 9.17) is 4.74 Å². The number of fused-ring (bicyclic) bond motifs is 1. The van der Waals surface area contributed by atoms with Crippen molar-refractivity contribution in [2.75, 3.05) is 27.2 Å². The summed E-state index contributed by atoms with van der Waals surface area (Å²) < 4.78 is 21.6. The highest BCUT2D eigenvalue weighted by molar-refractivity contribution is 7.21. The first-order valence-corrected chi connectivity index (χ1v) is 14.0. The van der Waals surface area contributed by atoms with Gasteiger partial charge in [-0.3, -0.25) is 19.4 Å². The number of hydrogen-bond acceptors (Lipinski definition) is 7. The van der Waals surface area contributed by atoms with Crippen LogP contribution < -0.4 is 4.74 Å². The topological polar surface area (TPSA) is 79.8 Å². The van der Waals surface area contributed by atoms with Crippen molar-refractivity contribution < 1.29 is 23.5 Å². The maximum Gasteiger partial charge on any atom is 0.264 e. The van der Waals surface area contributed by atoms with E-state index in [0.717, 1.165) is 12.0 Å². The zero-order valence-corrected chi connectivity index (χ0v) is 23.2. The number of hydrogen-bond donors (Lipinski definition) is 0. The molecule has 7 nitrogen and oxygen atoms in total. The molecule has 1 fully saturated rings. The molecule has 2 aromatic carbocycles. The number of likely N-dealkylation sites (tertiary alicyclic amines) is 1. The molecule has 0 saturated carbocycles. The van der Waals surface area contributed by atoms with Gasteiger partial charge in [-0.2, -0.15) is 0 Å². The molecular formula is C31H30FN3O4S. The number of likely N-dealkylation sites (N-methyl/N-ethyl adjacent to an activating group) is 1. The Bertz CT molecular complexity index is 1550. The van der Waals surface area contributed by atoms with Crippen LogP contribution in [0.5, 0.6) is 11.5 Å².